The highest BCUT2D eigenvalue weighted by Gasteiger charge is 2.30. The lowest BCUT2D eigenvalue weighted by Gasteiger charge is -2.36. The van der Waals surface area contributed by atoms with Gasteiger partial charge in [0.25, 0.3) is 0 Å². The van der Waals surface area contributed by atoms with Crippen molar-refractivity contribution in [2.75, 3.05) is 26.2 Å². The number of urea groups is 1. The number of piperidine rings is 1. The fraction of sp³-hybridized carbons (Fsp3) is 0.727. The number of carbonyl (C=O) groups is 3. The van der Waals surface area contributed by atoms with Crippen molar-refractivity contribution >= 4 is 17.9 Å². The summed E-state index contributed by atoms with van der Waals surface area (Å²) < 4.78 is 0. The molecule has 2 unspecified atom stereocenters. The summed E-state index contributed by atoms with van der Waals surface area (Å²) in [4.78, 5) is 36.0. The molecular formula is C11H19N3O5. The molecule has 0 aromatic carbocycles. The van der Waals surface area contributed by atoms with Gasteiger partial charge < -0.3 is 25.7 Å². The van der Waals surface area contributed by atoms with E-state index in [1.165, 1.54) is 4.90 Å². The zero-order chi connectivity index (χ0) is 14.6. The molecule has 0 spiro atoms. The van der Waals surface area contributed by atoms with Crippen molar-refractivity contribution in [1.29, 1.82) is 0 Å². The van der Waals surface area contributed by atoms with Gasteiger partial charge in [-0.2, -0.15) is 0 Å². The molecule has 0 aromatic heterocycles. The fourth-order valence-corrected chi connectivity index (χ4v) is 2.05. The second-order valence-corrected chi connectivity index (χ2v) is 4.78. The number of carboxylic acids is 1. The monoisotopic (exact) mass is 273 g/mol. The smallest absolute Gasteiger partial charge is 0.323 e. The number of carbonyl (C=O) groups excluding carboxylic acids is 2. The average molecular weight is 273 g/mol. The van der Waals surface area contributed by atoms with Crippen LogP contribution in [-0.2, 0) is 9.59 Å². The first-order valence-corrected chi connectivity index (χ1v) is 6.03. The number of nitrogens with two attached hydrogens (primary N) is 1. The minimum absolute atomic E-state index is 0.0852. The van der Waals surface area contributed by atoms with E-state index in [0.29, 0.717) is 19.5 Å². The SMILES string of the molecule is CC1CN(C(=O)N(CC(N)=O)CC(=O)O)CCC1O. The number of hydrogen-bond donors (Lipinski definition) is 3. The minimum Gasteiger partial charge on any atom is -0.480 e. The zero-order valence-corrected chi connectivity index (χ0v) is 10.8. The van der Waals surface area contributed by atoms with E-state index in [0.717, 1.165) is 4.90 Å². The Morgan fingerprint density at radius 3 is 2.47 bits per heavy atom. The molecule has 1 fully saturated rings. The maximum atomic E-state index is 12.1. The number of primary amides is 1. The van der Waals surface area contributed by atoms with Crippen LogP contribution in [0, 0.1) is 5.92 Å². The second kappa shape index (κ2) is 6.37. The molecule has 0 bridgehead atoms. The van der Waals surface area contributed by atoms with Crippen LogP contribution in [0.4, 0.5) is 4.79 Å². The van der Waals surface area contributed by atoms with Crippen molar-refractivity contribution < 1.29 is 24.6 Å². The third kappa shape index (κ3) is 4.40. The largest absolute Gasteiger partial charge is 0.480 e. The average Bonchev–Trinajstić information content (AvgIpc) is 2.29. The number of aliphatic hydroxyl groups excluding tert-OH is 1. The summed E-state index contributed by atoms with van der Waals surface area (Å²) in [6.45, 7) is 1.46. The molecule has 0 aromatic rings. The van der Waals surface area contributed by atoms with Crippen molar-refractivity contribution in [1.82, 2.24) is 9.80 Å². The molecule has 2 atom stereocenters. The normalized spacial score (nSPS) is 22.9. The molecule has 1 heterocycles. The maximum Gasteiger partial charge on any atom is 0.323 e. The predicted molar refractivity (Wildman–Crippen MR) is 65.2 cm³/mol. The lowest BCUT2D eigenvalue weighted by atomic mass is 9.97. The zero-order valence-electron chi connectivity index (χ0n) is 10.8. The van der Waals surface area contributed by atoms with Gasteiger partial charge in [0.2, 0.25) is 5.91 Å². The van der Waals surface area contributed by atoms with E-state index in [2.05, 4.69) is 0 Å². The summed E-state index contributed by atoms with van der Waals surface area (Å²) in [5.41, 5.74) is 5.00. The van der Waals surface area contributed by atoms with E-state index < -0.39 is 37.1 Å². The maximum absolute atomic E-state index is 12.1. The molecule has 0 radical (unpaired) electrons. The quantitative estimate of drug-likeness (QED) is 0.586. The van der Waals surface area contributed by atoms with Gasteiger partial charge >= 0.3 is 12.0 Å². The number of aliphatic carboxylic acids is 1. The first-order chi connectivity index (χ1) is 8.81. The van der Waals surface area contributed by atoms with Gasteiger partial charge in [0, 0.05) is 13.1 Å². The van der Waals surface area contributed by atoms with Gasteiger partial charge in [-0.15, -0.1) is 0 Å². The number of likely N-dealkylation sites (tertiary alicyclic amines) is 1. The number of rotatable bonds is 4. The molecule has 1 saturated heterocycles. The molecule has 1 aliphatic rings. The molecule has 108 valence electrons. The Morgan fingerprint density at radius 2 is 2.00 bits per heavy atom. The van der Waals surface area contributed by atoms with Gasteiger partial charge in [-0.3, -0.25) is 9.59 Å². The van der Waals surface area contributed by atoms with Crippen LogP contribution in [0.1, 0.15) is 13.3 Å². The van der Waals surface area contributed by atoms with Crippen LogP contribution in [0.5, 0.6) is 0 Å². The van der Waals surface area contributed by atoms with E-state index in [9.17, 15) is 19.5 Å². The van der Waals surface area contributed by atoms with Crippen LogP contribution in [-0.4, -0.2) is 70.2 Å². The molecule has 4 N–H and O–H groups in total. The van der Waals surface area contributed by atoms with E-state index in [1.807, 2.05) is 0 Å². The van der Waals surface area contributed by atoms with Crippen molar-refractivity contribution in [3.63, 3.8) is 0 Å². The summed E-state index contributed by atoms with van der Waals surface area (Å²) in [5.74, 6) is -2.06. The number of nitrogens with zero attached hydrogens (tertiary/aromatic N) is 2. The van der Waals surface area contributed by atoms with Crippen LogP contribution < -0.4 is 5.73 Å². The number of hydrogen-bond acceptors (Lipinski definition) is 4. The topological polar surface area (TPSA) is 124 Å². The van der Waals surface area contributed by atoms with Crippen LogP contribution in [0.25, 0.3) is 0 Å². The van der Waals surface area contributed by atoms with E-state index in [-0.39, 0.29) is 5.92 Å². The molecule has 8 heteroatoms. The van der Waals surface area contributed by atoms with Crippen molar-refractivity contribution in [3.05, 3.63) is 0 Å². The molecule has 1 aliphatic heterocycles. The predicted octanol–water partition coefficient (Wildman–Crippen LogP) is -1.32. The van der Waals surface area contributed by atoms with E-state index in [1.54, 1.807) is 6.92 Å². The van der Waals surface area contributed by atoms with E-state index >= 15 is 0 Å². The lowest BCUT2D eigenvalue weighted by molar-refractivity contribution is -0.138. The molecule has 3 amide bonds. The van der Waals surface area contributed by atoms with Gasteiger partial charge in [0.05, 0.1) is 6.10 Å². The standard InChI is InChI=1S/C11H19N3O5/c1-7-4-13(3-2-8(7)15)11(19)14(5-9(12)16)6-10(17)18/h7-8,15H,2-6H2,1H3,(H2,12,16)(H,17,18). The molecule has 1 rings (SSSR count). The van der Waals surface area contributed by atoms with Crippen molar-refractivity contribution in [2.24, 2.45) is 11.7 Å². The second-order valence-electron chi connectivity index (χ2n) is 4.78. The molecule has 19 heavy (non-hydrogen) atoms. The Morgan fingerprint density at radius 1 is 1.37 bits per heavy atom. The Labute approximate surface area is 110 Å². The van der Waals surface area contributed by atoms with Crippen LogP contribution in [0.3, 0.4) is 0 Å². The first-order valence-electron chi connectivity index (χ1n) is 6.03. The van der Waals surface area contributed by atoms with Gasteiger partial charge in [0.15, 0.2) is 0 Å². The summed E-state index contributed by atoms with van der Waals surface area (Å²) in [5, 5.41) is 18.3. The molecular weight excluding hydrogens is 254 g/mol. The van der Waals surface area contributed by atoms with E-state index in [4.69, 9.17) is 10.8 Å². The molecule has 0 aliphatic carbocycles. The highest BCUT2D eigenvalue weighted by molar-refractivity contribution is 5.86. The van der Waals surface area contributed by atoms with Gasteiger partial charge in [0.1, 0.15) is 13.1 Å². The summed E-state index contributed by atoms with van der Waals surface area (Å²) in [7, 11) is 0. The first kappa shape index (κ1) is 15.2. The van der Waals surface area contributed by atoms with Crippen molar-refractivity contribution in [2.45, 2.75) is 19.4 Å². The Hall–Kier alpha value is -1.83. The summed E-state index contributed by atoms with van der Waals surface area (Å²) in [6.07, 6.45) is -0.0298. The minimum atomic E-state index is -1.21. The summed E-state index contributed by atoms with van der Waals surface area (Å²) >= 11 is 0. The third-order valence-electron chi connectivity index (χ3n) is 3.07. The lowest BCUT2D eigenvalue weighted by Crippen LogP contribution is -2.53. The number of amides is 3. The van der Waals surface area contributed by atoms with Crippen molar-refractivity contribution in [3.8, 4) is 0 Å². The highest BCUT2D eigenvalue weighted by Crippen LogP contribution is 2.17. The van der Waals surface area contributed by atoms with Gasteiger partial charge in [-0.05, 0) is 12.3 Å². The van der Waals surface area contributed by atoms with Gasteiger partial charge in [-0.1, -0.05) is 6.92 Å². The number of carboxylic acid groups (broad SMARTS) is 1. The fourth-order valence-electron chi connectivity index (χ4n) is 2.05. The Kier molecular flexibility index (Phi) is 5.11. The number of aliphatic hydroxyl groups is 1. The Bertz CT molecular complexity index is 357. The Balaban J connectivity index is 2.70. The highest BCUT2D eigenvalue weighted by atomic mass is 16.4. The van der Waals surface area contributed by atoms with Crippen LogP contribution >= 0.6 is 0 Å². The molecule has 0 saturated carbocycles. The summed E-state index contributed by atoms with van der Waals surface area (Å²) in [6, 6.07) is -0.542. The van der Waals surface area contributed by atoms with Crippen LogP contribution in [0.15, 0.2) is 0 Å². The van der Waals surface area contributed by atoms with Crippen LogP contribution in [0.2, 0.25) is 0 Å². The molecule has 8 nitrogen and oxygen atoms in total. The third-order valence-corrected chi connectivity index (χ3v) is 3.07. The van der Waals surface area contributed by atoms with Gasteiger partial charge in [-0.25, -0.2) is 4.79 Å².